The van der Waals surface area contributed by atoms with E-state index in [1.165, 1.54) is 18.6 Å². The Kier molecular flexibility index (Phi) is 4.39. The summed E-state index contributed by atoms with van der Waals surface area (Å²) in [6, 6.07) is 4.37. The minimum Gasteiger partial charge on any atom is -0.351 e. The molecule has 5 nitrogen and oxygen atoms in total. The molecule has 6 heteroatoms. The highest BCUT2D eigenvalue weighted by Crippen LogP contribution is 2.43. The van der Waals surface area contributed by atoms with Gasteiger partial charge in [0.1, 0.15) is 0 Å². The summed E-state index contributed by atoms with van der Waals surface area (Å²) in [6.45, 7) is 4.56. The highest BCUT2D eigenvalue weighted by molar-refractivity contribution is 7.89. The van der Waals surface area contributed by atoms with Gasteiger partial charge in [0.05, 0.1) is 4.90 Å². The largest absolute Gasteiger partial charge is 0.351 e. The highest BCUT2D eigenvalue weighted by atomic mass is 32.2. The lowest BCUT2D eigenvalue weighted by Gasteiger charge is -2.41. The van der Waals surface area contributed by atoms with Crippen LogP contribution in [0.5, 0.6) is 0 Å². The van der Waals surface area contributed by atoms with Gasteiger partial charge >= 0.3 is 0 Å². The molecule has 1 amide bonds. The lowest BCUT2D eigenvalue weighted by Crippen LogP contribution is -2.41. The molecule has 0 saturated heterocycles. The predicted molar refractivity (Wildman–Crippen MR) is 81.5 cm³/mol. The van der Waals surface area contributed by atoms with Crippen LogP contribution in [0, 0.1) is 12.3 Å². The Hall–Kier alpha value is -1.40. The normalized spacial score (nSPS) is 17.1. The zero-order chi connectivity index (χ0) is 15.7. The van der Waals surface area contributed by atoms with Crippen molar-refractivity contribution in [3.8, 4) is 0 Å². The first-order valence-corrected chi connectivity index (χ1v) is 8.74. The molecular formula is C15H22N2O3S. The molecule has 0 unspecified atom stereocenters. The number of rotatable bonds is 5. The standard InChI is InChI=1S/C15H22N2O3S/c1-3-15(7-4-8-15)10-17-14(18)13-9-12(21(16,19)20)6-5-11(13)2/h5-6,9H,3-4,7-8,10H2,1-2H3,(H,17,18)(H2,16,19,20). The van der Waals surface area contributed by atoms with Crippen molar-refractivity contribution in [2.75, 3.05) is 6.54 Å². The van der Waals surface area contributed by atoms with Crippen LogP contribution in [0.3, 0.4) is 0 Å². The number of amides is 1. The maximum absolute atomic E-state index is 12.3. The van der Waals surface area contributed by atoms with Crippen molar-refractivity contribution in [1.82, 2.24) is 5.32 Å². The summed E-state index contributed by atoms with van der Waals surface area (Å²) in [5, 5.41) is 8.05. The third-order valence-corrected chi connectivity index (χ3v) is 5.48. The number of sulfonamides is 1. The third-order valence-electron chi connectivity index (χ3n) is 4.57. The van der Waals surface area contributed by atoms with Gasteiger partial charge < -0.3 is 5.32 Å². The Labute approximate surface area is 126 Å². The van der Waals surface area contributed by atoms with Crippen LogP contribution >= 0.6 is 0 Å². The van der Waals surface area contributed by atoms with Crippen molar-refractivity contribution in [3.05, 3.63) is 29.3 Å². The van der Waals surface area contributed by atoms with Gasteiger partial charge in [-0.2, -0.15) is 0 Å². The second kappa shape index (κ2) is 5.77. The van der Waals surface area contributed by atoms with E-state index in [-0.39, 0.29) is 16.2 Å². The lowest BCUT2D eigenvalue weighted by molar-refractivity contribution is 0.0849. The van der Waals surface area contributed by atoms with Gasteiger partial charge in [-0.15, -0.1) is 0 Å². The Morgan fingerprint density at radius 2 is 2.05 bits per heavy atom. The molecule has 0 bridgehead atoms. The maximum atomic E-state index is 12.3. The molecule has 0 heterocycles. The molecule has 0 spiro atoms. The van der Waals surface area contributed by atoms with Gasteiger partial charge in [-0.05, 0) is 49.3 Å². The number of nitrogens with one attached hydrogen (secondary N) is 1. The van der Waals surface area contributed by atoms with E-state index in [2.05, 4.69) is 12.2 Å². The first-order valence-electron chi connectivity index (χ1n) is 7.19. The number of hydrogen-bond acceptors (Lipinski definition) is 3. The van der Waals surface area contributed by atoms with Gasteiger partial charge in [-0.1, -0.05) is 19.4 Å². The van der Waals surface area contributed by atoms with Crippen LogP contribution in [0.4, 0.5) is 0 Å². The molecule has 1 saturated carbocycles. The quantitative estimate of drug-likeness (QED) is 0.871. The summed E-state index contributed by atoms with van der Waals surface area (Å²) in [6.07, 6.45) is 4.53. The summed E-state index contributed by atoms with van der Waals surface area (Å²) in [5.41, 5.74) is 1.33. The average Bonchev–Trinajstić information content (AvgIpc) is 2.36. The van der Waals surface area contributed by atoms with E-state index in [0.717, 1.165) is 24.8 Å². The summed E-state index contributed by atoms with van der Waals surface area (Å²) in [4.78, 5) is 12.3. The molecule has 1 aromatic carbocycles. The molecule has 116 valence electrons. The Morgan fingerprint density at radius 3 is 2.52 bits per heavy atom. The maximum Gasteiger partial charge on any atom is 0.251 e. The van der Waals surface area contributed by atoms with Crippen LogP contribution in [0.2, 0.25) is 0 Å². The van der Waals surface area contributed by atoms with E-state index in [9.17, 15) is 13.2 Å². The van der Waals surface area contributed by atoms with Gasteiger partial charge in [-0.3, -0.25) is 4.79 Å². The number of nitrogens with two attached hydrogens (primary N) is 1. The van der Waals surface area contributed by atoms with Crippen LogP contribution < -0.4 is 10.5 Å². The molecule has 1 aromatic rings. The third kappa shape index (κ3) is 3.44. The van der Waals surface area contributed by atoms with Gasteiger partial charge in [0, 0.05) is 12.1 Å². The molecule has 0 aromatic heterocycles. The minimum atomic E-state index is -3.80. The zero-order valence-electron chi connectivity index (χ0n) is 12.5. The van der Waals surface area contributed by atoms with Crippen molar-refractivity contribution in [2.24, 2.45) is 10.6 Å². The molecule has 0 radical (unpaired) electrons. The van der Waals surface area contributed by atoms with Crippen LogP contribution in [0.1, 0.15) is 48.5 Å². The van der Waals surface area contributed by atoms with E-state index < -0.39 is 10.0 Å². The summed E-state index contributed by atoms with van der Waals surface area (Å²) in [5.74, 6) is -0.238. The van der Waals surface area contributed by atoms with Crippen LogP contribution in [0.25, 0.3) is 0 Å². The first kappa shape index (κ1) is 16.0. The summed E-state index contributed by atoms with van der Waals surface area (Å²) >= 11 is 0. The van der Waals surface area contributed by atoms with Gasteiger partial charge in [0.25, 0.3) is 5.91 Å². The van der Waals surface area contributed by atoms with E-state index in [1.807, 2.05) is 0 Å². The summed E-state index contributed by atoms with van der Waals surface area (Å²) in [7, 11) is -3.80. The SMILES string of the molecule is CCC1(CNC(=O)c2cc(S(N)(=O)=O)ccc2C)CCC1. The number of primary sulfonamides is 1. The predicted octanol–water partition coefficient (Wildman–Crippen LogP) is 1.95. The topological polar surface area (TPSA) is 89.3 Å². The highest BCUT2D eigenvalue weighted by Gasteiger charge is 2.35. The lowest BCUT2D eigenvalue weighted by atomic mass is 9.67. The van der Waals surface area contributed by atoms with Crippen molar-refractivity contribution in [3.63, 3.8) is 0 Å². The van der Waals surface area contributed by atoms with Crippen molar-refractivity contribution in [1.29, 1.82) is 0 Å². The van der Waals surface area contributed by atoms with E-state index in [0.29, 0.717) is 12.1 Å². The van der Waals surface area contributed by atoms with Crippen molar-refractivity contribution < 1.29 is 13.2 Å². The molecule has 1 aliphatic carbocycles. The Bertz CT molecular complexity index is 643. The molecular weight excluding hydrogens is 288 g/mol. The first-order chi connectivity index (χ1) is 9.77. The van der Waals surface area contributed by atoms with Crippen molar-refractivity contribution >= 4 is 15.9 Å². The number of hydrogen-bond donors (Lipinski definition) is 2. The van der Waals surface area contributed by atoms with Crippen molar-refractivity contribution in [2.45, 2.75) is 44.4 Å². The van der Waals surface area contributed by atoms with E-state index in [4.69, 9.17) is 5.14 Å². The molecule has 21 heavy (non-hydrogen) atoms. The van der Waals surface area contributed by atoms with Crippen LogP contribution in [-0.2, 0) is 10.0 Å². The fourth-order valence-electron chi connectivity index (χ4n) is 2.72. The molecule has 1 aliphatic rings. The monoisotopic (exact) mass is 310 g/mol. The average molecular weight is 310 g/mol. The van der Waals surface area contributed by atoms with Gasteiger partial charge in [0.2, 0.25) is 10.0 Å². The number of carbonyl (C=O) groups excluding carboxylic acids is 1. The second-order valence-electron chi connectivity index (χ2n) is 5.91. The van der Waals surface area contributed by atoms with Crippen LogP contribution in [0.15, 0.2) is 23.1 Å². The van der Waals surface area contributed by atoms with Gasteiger partial charge in [0.15, 0.2) is 0 Å². The fraction of sp³-hybridized carbons (Fsp3) is 0.533. The molecule has 1 fully saturated rings. The minimum absolute atomic E-state index is 0.0351. The molecule has 0 aliphatic heterocycles. The molecule has 3 N–H and O–H groups in total. The fourth-order valence-corrected chi connectivity index (χ4v) is 3.26. The second-order valence-corrected chi connectivity index (χ2v) is 7.47. The molecule has 0 atom stereocenters. The number of benzene rings is 1. The zero-order valence-corrected chi connectivity index (χ0v) is 13.3. The summed E-state index contributed by atoms with van der Waals surface area (Å²) < 4.78 is 22.8. The Morgan fingerprint density at radius 1 is 1.38 bits per heavy atom. The Balaban J connectivity index is 2.15. The molecule has 2 rings (SSSR count). The smallest absolute Gasteiger partial charge is 0.251 e. The number of aryl methyl sites for hydroxylation is 1. The van der Waals surface area contributed by atoms with Gasteiger partial charge in [-0.25, -0.2) is 13.6 Å². The number of carbonyl (C=O) groups is 1. The van der Waals surface area contributed by atoms with E-state index in [1.54, 1.807) is 13.0 Å². The van der Waals surface area contributed by atoms with E-state index >= 15 is 0 Å². The van der Waals surface area contributed by atoms with Crippen LogP contribution in [-0.4, -0.2) is 20.9 Å².